The van der Waals surface area contributed by atoms with Gasteiger partial charge in [0.05, 0.1) is 42.8 Å². The second kappa shape index (κ2) is 13.5. The van der Waals surface area contributed by atoms with Gasteiger partial charge in [-0.2, -0.15) is 28.2 Å². The average molecular weight is 608 g/mol. The third kappa shape index (κ3) is 7.66. The molecule has 0 spiro atoms. The van der Waals surface area contributed by atoms with Crippen LogP contribution in [-0.4, -0.2) is 56.7 Å². The van der Waals surface area contributed by atoms with Gasteiger partial charge in [0.15, 0.2) is 11.6 Å². The summed E-state index contributed by atoms with van der Waals surface area (Å²) in [7, 11) is 1.42. The molecule has 43 heavy (non-hydrogen) atoms. The molecule has 1 aliphatic carbocycles. The first-order chi connectivity index (χ1) is 20.4. The predicted octanol–water partition coefficient (Wildman–Crippen LogP) is 5.76. The van der Waals surface area contributed by atoms with Crippen molar-refractivity contribution in [1.29, 1.82) is 0 Å². The van der Waals surface area contributed by atoms with E-state index in [1.165, 1.54) is 29.2 Å². The van der Waals surface area contributed by atoms with E-state index in [1.54, 1.807) is 6.92 Å². The highest BCUT2D eigenvalue weighted by atomic mass is 19.4. The van der Waals surface area contributed by atoms with E-state index < -0.39 is 52.7 Å². The summed E-state index contributed by atoms with van der Waals surface area (Å²) in [5, 5.41) is 17.8. The Morgan fingerprint density at radius 3 is 2.42 bits per heavy atom. The van der Waals surface area contributed by atoms with Gasteiger partial charge in [-0.3, -0.25) is 4.79 Å². The van der Waals surface area contributed by atoms with E-state index in [2.05, 4.69) is 22.1 Å². The van der Waals surface area contributed by atoms with Gasteiger partial charge in [-0.1, -0.05) is 6.92 Å². The highest BCUT2D eigenvalue weighted by molar-refractivity contribution is 6.03. The molecule has 0 saturated heterocycles. The van der Waals surface area contributed by atoms with Crippen LogP contribution in [0.25, 0.3) is 0 Å². The summed E-state index contributed by atoms with van der Waals surface area (Å²) in [5.41, 5.74) is -1.82. The van der Waals surface area contributed by atoms with Crippen molar-refractivity contribution >= 4 is 17.6 Å². The number of hydrogen-bond acceptors (Lipinski definition) is 7. The highest BCUT2D eigenvalue weighted by Gasteiger charge is 2.37. The first-order valence-corrected chi connectivity index (χ1v) is 13.9. The molecule has 1 aliphatic rings. The lowest BCUT2D eigenvalue weighted by Gasteiger charge is -2.35. The first kappa shape index (κ1) is 31.9. The van der Waals surface area contributed by atoms with Crippen molar-refractivity contribution in [2.75, 3.05) is 18.6 Å². The maximum absolute atomic E-state index is 15.5. The number of halogens is 4. The number of carboxylic acid groups (broad SMARTS) is 1. The molecule has 1 aromatic carbocycles. The number of carboxylic acids is 1. The van der Waals surface area contributed by atoms with Gasteiger partial charge in [0.2, 0.25) is 11.8 Å². The van der Waals surface area contributed by atoms with Crippen LogP contribution >= 0.6 is 0 Å². The van der Waals surface area contributed by atoms with E-state index in [0.717, 1.165) is 37.2 Å². The van der Waals surface area contributed by atoms with Crippen molar-refractivity contribution in [3.05, 3.63) is 59.3 Å². The number of pyridine rings is 1. The van der Waals surface area contributed by atoms with Gasteiger partial charge in [0, 0.05) is 31.4 Å². The van der Waals surface area contributed by atoms with E-state index in [-0.39, 0.29) is 36.7 Å². The van der Waals surface area contributed by atoms with Crippen molar-refractivity contribution in [2.45, 2.75) is 64.7 Å². The molecule has 3 aromatic rings. The number of nitrogens with zero attached hydrogens (tertiary/aromatic N) is 5. The Morgan fingerprint density at radius 2 is 1.81 bits per heavy atom. The molecule has 1 amide bonds. The summed E-state index contributed by atoms with van der Waals surface area (Å²) in [4.78, 5) is 32.3. The molecule has 1 atom stereocenters. The van der Waals surface area contributed by atoms with Crippen molar-refractivity contribution in [3.63, 3.8) is 0 Å². The second-order valence-electron chi connectivity index (χ2n) is 10.7. The topological polar surface area (TPSA) is 120 Å². The Kier molecular flexibility index (Phi) is 9.99. The number of carbonyl (C=O) groups is 2. The minimum Gasteiger partial charge on any atom is -0.478 e. The molecule has 14 heteroatoms. The van der Waals surface area contributed by atoms with Gasteiger partial charge in [0.1, 0.15) is 5.56 Å². The number of alkyl halides is 3. The van der Waals surface area contributed by atoms with Crippen LogP contribution in [0.2, 0.25) is 0 Å². The number of rotatable bonds is 11. The smallest absolute Gasteiger partial charge is 0.421 e. The minimum absolute atomic E-state index is 0.0372. The fourth-order valence-corrected chi connectivity index (χ4v) is 5.19. The number of hydrogen-bond donors (Lipinski definition) is 1. The number of aromatic carboxylic acids is 1. The largest absolute Gasteiger partial charge is 0.478 e. The highest BCUT2D eigenvalue weighted by Crippen LogP contribution is 2.40. The molecule has 2 aromatic heterocycles. The Hall–Kier alpha value is -4.07. The van der Waals surface area contributed by atoms with Crippen LogP contribution in [0.15, 0.2) is 36.8 Å². The van der Waals surface area contributed by atoms with Crippen molar-refractivity contribution in [3.8, 4) is 11.6 Å². The normalized spacial score (nSPS) is 17.8. The van der Waals surface area contributed by atoms with Crippen LogP contribution in [0.3, 0.4) is 0 Å². The Balaban J connectivity index is 1.69. The standard InChI is InChI=1S/C29H33F4N5O5/c1-17-4-6-20(7-5-17)27(39)38(18(2)16-42-3)24-14-23(30)25(13-21(24)28(40)41)43-26-22(29(31,32)33)12-19(15-34-26)8-11-37-35-9-10-36-37/h9-10,12-15,17-18,20H,4-8,11,16H2,1-3H3,(H,40,41)/t17-,18-,20-/m0/s1. The average Bonchev–Trinajstić information content (AvgIpc) is 3.47. The number of ether oxygens (including phenoxy) is 2. The number of aryl methyl sites for hydroxylation is 2. The van der Waals surface area contributed by atoms with Crippen LogP contribution in [0, 0.1) is 17.7 Å². The third-order valence-corrected chi connectivity index (χ3v) is 7.48. The van der Waals surface area contributed by atoms with Gasteiger partial charge in [-0.15, -0.1) is 0 Å². The molecule has 232 valence electrons. The lowest BCUT2D eigenvalue weighted by molar-refractivity contribution is -0.139. The van der Waals surface area contributed by atoms with Gasteiger partial charge < -0.3 is 19.5 Å². The summed E-state index contributed by atoms with van der Waals surface area (Å²) < 4.78 is 67.9. The number of benzene rings is 1. The molecule has 4 rings (SSSR count). The number of anilines is 1. The summed E-state index contributed by atoms with van der Waals surface area (Å²) >= 11 is 0. The third-order valence-electron chi connectivity index (χ3n) is 7.48. The molecule has 1 N–H and O–H groups in total. The maximum Gasteiger partial charge on any atom is 0.421 e. The van der Waals surface area contributed by atoms with Crippen LogP contribution in [0.1, 0.15) is 61.0 Å². The Bertz CT molecular complexity index is 1430. The monoisotopic (exact) mass is 607 g/mol. The molecule has 0 aliphatic heterocycles. The second-order valence-corrected chi connectivity index (χ2v) is 10.7. The summed E-state index contributed by atoms with van der Waals surface area (Å²) in [6.45, 7) is 3.97. The zero-order valence-electron chi connectivity index (χ0n) is 24.0. The van der Waals surface area contributed by atoms with E-state index >= 15 is 4.39 Å². The number of methoxy groups -OCH3 is 1. The zero-order valence-corrected chi connectivity index (χ0v) is 24.0. The van der Waals surface area contributed by atoms with Crippen molar-refractivity contribution in [2.24, 2.45) is 11.8 Å². The van der Waals surface area contributed by atoms with Gasteiger partial charge >= 0.3 is 12.1 Å². The SMILES string of the molecule is COC[C@H](C)N(c1cc(F)c(Oc2ncc(CCn3nccn3)cc2C(F)(F)F)cc1C(=O)O)C(=O)[C@H]1CC[C@H](C)CC1. The number of amides is 1. The van der Waals surface area contributed by atoms with E-state index in [0.29, 0.717) is 18.8 Å². The fraction of sp³-hybridized carbons (Fsp3) is 0.483. The Labute approximate surface area is 245 Å². The number of carbonyl (C=O) groups excluding carboxylic acids is 1. The molecule has 0 unspecified atom stereocenters. The van der Waals surface area contributed by atoms with Crippen molar-refractivity contribution < 1.29 is 41.7 Å². The van der Waals surface area contributed by atoms with Crippen LogP contribution in [0.4, 0.5) is 23.2 Å². The van der Waals surface area contributed by atoms with Gasteiger partial charge in [-0.25, -0.2) is 14.2 Å². The minimum atomic E-state index is -4.91. The van der Waals surface area contributed by atoms with Gasteiger partial charge in [-0.05, 0) is 56.6 Å². The zero-order chi connectivity index (χ0) is 31.3. The fourth-order valence-electron chi connectivity index (χ4n) is 5.19. The summed E-state index contributed by atoms with van der Waals surface area (Å²) in [6.07, 6.45) is 2.08. The molecule has 0 radical (unpaired) electrons. The van der Waals surface area contributed by atoms with E-state index in [9.17, 15) is 27.9 Å². The molecular weight excluding hydrogens is 574 g/mol. The molecule has 0 bridgehead atoms. The molecule has 1 saturated carbocycles. The summed E-state index contributed by atoms with van der Waals surface area (Å²) in [6, 6.07) is 1.74. The number of aromatic nitrogens is 4. The van der Waals surface area contributed by atoms with Crippen molar-refractivity contribution in [1.82, 2.24) is 20.0 Å². The van der Waals surface area contributed by atoms with Crippen LogP contribution in [0.5, 0.6) is 11.6 Å². The van der Waals surface area contributed by atoms with Crippen LogP contribution in [-0.2, 0) is 28.7 Å². The summed E-state index contributed by atoms with van der Waals surface area (Å²) in [5.74, 6) is -4.73. The van der Waals surface area contributed by atoms with E-state index in [4.69, 9.17) is 9.47 Å². The van der Waals surface area contributed by atoms with Crippen LogP contribution < -0.4 is 9.64 Å². The predicted molar refractivity (Wildman–Crippen MR) is 146 cm³/mol. The molecular formula is C29H33F4N5O5. The molecule has 1 fully saturated rings. The lowest BCUT2D eigenvalue weighted by Crippen LogP contribution is -2.46. The molecule has 10 nitrogen and oxygen atoms in total. The van der Waals surface area contributed by atoms with E-state index in [1.807, 2.05) is 0 Å². The maximum atomic E-state index is 15.5. The quantitative estimate of drug-likeness (QED) is 0.274. The lowest BCUT2D eigenvalue weighted by atomic mass is 9.82. The Morgan fingerprint density at radius 1 is 1.14 bits per heavy atom. The molecule has 2 heterocycles. The van der Waals surface area contributed by atoms with Gasteiger partial charge in [0.25, 0.3) is 0 Å². The first-order valence-electron chi connectivity index (χ1n) is 13.9.